The second-order valence-corrected chi connectivity index (χ2v) is 10.2. The lowest BCUT2D eigenvalue weighted by Crippen LogP contribution is -2.35. The Hall–Kier alpha value is -2.82. The Kier molecular flexibility index (Phi) is 12.3. The Balaban J connectivity index is 2.24. The van der Waals surface area contributed by atoms with Crippen molar-refractivity contribution in [3.63, 3.8) is 0 Å². The maximum absolute atomic E-state index is 12.1. The van der Waals surface area contributed by atoms with Crippen LogP contribution < -0.4 is 5.73 Å². The third-order valence-corrected chi connectivity index (χ3v) is 6.08. The number of methoxy groups -OCH3 is 1. The number of carbonyl (C=O) groups is 1. The number of aromatic nitrogens is 3. The van der Waals surface area contributed by atoms with Crippen LogP contribution in [0.25, 0.3) is 11.0 Å². The number of hydrogen-bond acceptors (Lipinski definition) is 9. The monoisotopic (exact) mass is 552 g/mol. The molecule has 0 aromatic carbocycles. The predicted octanol–water partition coefficient (Wildman–Crippen LogP) is 1.59. The van der Waals surface area contributed by atoms with Gasteiger partial charge in [-0.3, -0.25) is 14.2 Å². The smallest absolute Gasteiger partial charge is 0.383 e. The lowest BCUT2D eigenvalue weighted by atomic mass is 10.0. The number of ether oxygens (including phenoxy) is 1. The zero-order chi connectivity index (χ0) is 28.3. The van der Waals surface area contributed by atoms with Crippen molar-refractivity contribution in [1.82, 2.24) is 24.5 Å². The van der Waals surface area contributed by atoms with E-state index in [2.05, 4.69) is 32.9 Å². The average molecular weight is 553 g/mol. The van der Waals surface area contributed by atoms with Crippen molar-refractivity contribution in [3.8, 4) is 11.8 Å². The van der Waals surface area contributed by atoms with Gasteiger partial charge in [-0.1, -0.05) is 25.3 Å². The summed E-state index contributed by atoms with van der Waals surface area (Å²) in [5.41, 5.74) is 7.35. The van der Waals surface area contributed by atoms with Crippen LogP contribution in [-0.4, -0.2) is 94.3 Å². The Morgan fingerprint density at radius 2 is 2.03 bits per heavy atom. The molecule has 0 bridgehead atoms. The molecule has 0 aliphatic carbocycles. The van der Waals surface area contributed by atoms with Crippen LogP contribution in [0.15, 0.2) is 25.2 Å². The van der Waals surface area contributed by atoms with Crippen molar-refractivity contribution >= 4 is 30.6 Å². The summed E-state index contributed by atoms with van der Waals surface area (Å²) >= 11 is 0. The summed E-state index contributed by atoms with van der Waals surface area (Å²) in [6.45, 7) is 6.58. The third kappa shape index (κ3) is 9.81. The maximum atomic E-state index is 12.1. The molecule has 0 aliphatic rings. The summed E-state index contributed by atoms with van der Waals surface area (Å²) in [5.74, 6) is 5.78. The number of phosphoric acid groups is 1. The molecule has 14 heteroatoms. The fourth-order valence-corrected chi connectivity index (χ4v) is 4.08. The normalized spacial score (nSPS) is 13.2. The van der Waals surface area contributed by atoms with Gasteiger partial charge in [0.1, 0.15) is 24.4 Å². The molecule has 0 fully saturated rings. The average Bonchev–Trinajstić information content (AvgIpc) is 3.23. The number of hydroxylamine groups is 2. The molecule has 0 spiro atoms. The molecule has 2 atom stereocenters. The molecule has 1 unspecified atom stereocenters. The van der Waals surface area contributed by atoms with E-state index in [9.17, 15) is 9.36 Å². The number of phosphoric ester groups is 1. The molecule has 4 N–H and O–H groups in total. The molecule has 2 aromatic heterocycles. The molecule has 0 saturated heterocycles. The van der Waals surface area contributed by atoms with E-state index in [0.29, 0.717) is 49.1 Å². The Morgan fingerprint density at radius 3 is 2.66 bits per heavy atom. The predicted molar refractivity (Wildman–Crippen MR) is 143 cm³/mol. The van der Waals surface area contributed by atoms with Crippen molar-refractivity contribution in [2.75, 3.05) is 59.8 Å². The topological polar surface area (TPSA) is 166 Å². The van der Waals surface area contributed by atoms with Gasteiger partial charge in [0.25, 0.3) is 5.91 Å². The van der Waals surface area contributed by atoms with Crippen molar-refractivity contribution in [2.45, 2.75) is 25.8 Å². The Bertz CT molecular complexity index is 1190. The van der Waals surface area contributed by atoms with Crippen LogP contribution >= 0.6 is 7.82 Å². The van der Waals surface area contributed by atoms with E-state index < -0.39 is 7.82 Å². The third-order valence-electron chi connectivity index (χ3n) is 5.60. The molecule has 2 aromatic rings. The zero-order valence-electron chi connectivity index (χ0n) is 22.2. The fraction of sp³-hybridized carbons (Fsp3) is 0.542. The minimum Gasteiger partial charge on any atom is -0.383 e. The van der Waals surface area contributed by atoms with E-state index in [0.717, 1.165) is 0 Å². The number of nitrogen functional groups attached to an aromatic ring is 1. The van der Waals surface area contributed by atoms with Gasteiger partial charge in [0, 0.05) is 19.9 Å². The number of amides is 1. The van der Waals surface area contributed by atoms with Gasteiger partial charge in [-0.05, 0) is 38.9 Å². The van der Waals surface area contributed by atoms with Gasteiger partial charge in [-0.25, -0.2) is 19.6 Å². The van der Waals surface area contributed by atoms with Crippen LogP contribution in [0.1, 0.15) is 31.4 Å². The van der Waals surface area contributed by atoms with Crippen LogP contribution in [0.4, 0.5) is 5.82 Å². The minimum atomic E-state index is -4.52. The summed E-state index contributed by atoms with van der Waals surface area (Å²) in [4.78, 5) is 46.0. The standard InChI is InChI=1S/C24H37N6O7P/c1-6-21(31)30(12-11-28(3)4)36-13-7-8-19-14-29(24-22(19)23(25)26-17-27-24)20(16-35-5)10-9-18(2)15-37-38(32,33)34/h6,14,17-18,20H,1,9-13,15-16H2,2-5H3,(H2,25,26,27)(H2,32,33,34)/t18?,20-/m1/s1. The molecular formula is C24H37N6O7P. The van der Waals surface area contributed by atoms with Gasteiger partial charge >= 0.3 is 7.82 Å². The highest BCUT2D eigenvalue weighted by atomic mass is 31.2. The molecule has 13 nitrogen and oxygen atoms in total. The molecule has 0 radical (unpaired) electrons. The first-order chi connectivity index (χ1) is 18.0. The number of hydrogen-bond donors (Lipinski definition) is 3. The summed E-state index contributed by atoms with van der Waals surface area (Å²) in [7, 11) is 0.857. The number of nitrogens with zero attached hydrogens (tertiary/aromatic N) is 5. The summed E-state index contributed by atoms with van der Waals surface area (Å²) < 4.78 is 23.0. The maximum Gasteiger partial charge on any atom is 0.469 e. The van der Waals surface area contributed by atoms with E-state index in [1.165, 1.54) is 17.5 Å². The SMILES string of the molecule is C=CC(=O)N(CCN(C)C)OCC#Cc1cn([C@H](CCC(C)COP(=O)(O)O)COC)c2ncnc(N)c12. The zero-order valence-corrected chi connectivity index (χ0v) is 23.1. The highest BCUT2D eigenvalue weighted by Crippen LogP contribution is 2.37. The fourth-order valence-electron chi connectivity index (χ4n) is 3.63. The van der Waals surface area contributed by atoms with Crippen LogP contribution in [0.5, 0.6) is 0 Å². The van der Waals surface area contributed by atoms with Crippen molar-refractivity contribution in [1.29, 1.82) is 0 Å². The summed E-state index contributed by atoms with van der Waals surface area (Å²) in [6.07, 6.45) is 5.61. The number of rotatable bonds is 15. The molecule has 0 saturated carbocycles. The molecular weight excluding hydrogens is 515 g/mol. The number of nitrogens with two attached hydrogens (primary N) is 1. The van der Waals surface area contributed by atoms with E-state index in [-0.39, 0.29) is 36.9 Å². The molecule has 2 heterocycles. The van der Waals surface area contributed by atoms with E-state index in [1.54, 1.807) is 7.11 Å². The number of fused-ring (bicyclic) bond motifs is 1. The van der Waals surface area contributed by atoms with E-state index >= 15 is 0 Å². The highest BCUT2D eigenvalue weighted by Gasteiger charge is 2.21. The minimum absolute atomic E-state index is 0.0359. The first-order valence-corrected chi connectivity index (χ1v) is 13.5. The molecule has 0 aliphatic heterocycles. The Morgan fingerprint density at radius 1 is 1.29 bits per heavy atom. The van der Waals surface area contributed by atoms with Crippen molar-refractivity contribution < 1.29 is 33.2 Å². The van der Waals surface area contributed by atoms with Gasteiger partial charge in [-0.2, -0.15) is 0 Å². The van der Waals surface area contributed by atoms with Gasteiger partial charge in [0.15, 0.2) is 0 Å². The van der Waals surface area contributed by atoms with Crippen molar-refractivity contribution in [2.24, 2.45) is 5.92 Å². The molecule has 1 amide bonds. The number of likely N-dealkylation sites (N-methyl/N-ethyl adjacent to an activating group) is 1. The molecule has 210 valence electrons. The van der Waals surface area contributed by atoms with Gasteiger partial charge in [-0.15, -0.1) is 0 Å². The summed E-state index contributed by atoms with van der Waals surface area (Å²) in [5, 5.41) is 1.81. The quantitative estimate of drug-likeness (QED) is 0.127. The van der Waals surface area contributed by atoms with Crippen LogP contribution in [-0.2, 0) is 23.5 Å². The largest absolute Gasteiger partial charge is 0.469 e. The van der Waals surface area contributed by atoms with E-state index in [4.69, 9.17) is 25.1 Å². The van der Waals surface area contributed by atoms with Crippen LogP contribution in [0.3, 0.4) is 0 Å². The highest BCUT2D eigenvalue weighted by molar-refractivity contribution is 7.46. The molecule has 38 heavy (non-hydrogen) atoms. The van der Waals surface area contributed by atoms with Gasteiger partial charge < -0.3 is 29.7 Å². The lowest BCUT2D eigenvalue weighted by Gasteiger charge is -2.21. The van der Waals surface area contributed by atoms with Crippen LogP contribution in [0, 0.1) is 17.8 Å². The Labute approximate surface area is 222 Å². The van der Waals surface area contributed by atoms with Gasteiger partial charge in [0.2, 0.25) is 0 Å². The number of carbonyl (C=O) groups excluding carboxylic acids is 1. The van der Waals surface area contributed by atoms with Gasteiger partial charge in [0.05, 0.1) is 36.8 Å². The summed E-state index contributed by atoms with van der Waals surface area (Å²) in [6, 6.07) is -0.159. The van der Waals surface area contributed by atoms with Crippen molar-refractivity contribution in [3.05, 3.63) is 30.7 Å². The van der Waals surface area contributed by atoms with E-state index in [1.807, 2.05) is 36.7 Å². The first kappa shape index (κ1) is 31.4. The lowest BCUT2D eigenvalue weighted by molar-refractivity contribution is -0.176. The van der Waals surface area contributed by atoms with Crippen LogP contribution in [0.2, 0.25) is 0 Å². The molecule has 2 rings (SSSR count). The first-order valence-electron chi connectivity index (χ1n) is 12.0. The second-order valence-electron chi connectivity index (χ2n) is 9.01. The second kappa shape index (κ2) is 14.9. The number of anilines is 1.